The van der Waals surface area contributed by atoms with Crippen molar-refractivity contribution >= 4 is 17.4 Å². The lowest BCUT2D eigenvalue weighted by molar-refractivity contribution is -0.384. The van der Waals surface area contributed by atoms with E-state index >= 15 is 0 Å². The molecule has 0 aliphatic carbocycles. The number of hydrogen-bond acceptors (Lipinski definition) is 4. The second kappa shape index (κ2) is 9.38. The van der Waals surface area contributed by atoms with Crippen LogP contribution in [-0.4, -0.2) is 48.6 Å². The number of amides is 2. The highest BCUT2D eigenvalue weighted by molar-refractivity contribution is 5.75. The van der Waals surface area contributed by atoms with Crippen LogP contribution in [0.2, 0.25) is 0 Å². The lowest BCUT2D eigenvalue weighted by Gasteiger charge is -2.35. The van der Waals surface area contributed by atoms with E-state index in [0.29, 0.717) is 26.2 Å². The van der Waals surface area contributed by atoms with Gasteiger partial charge in [-0.15, -0.1) is 0 Å². The molecule has 0 saturated carbocycles. The first-order chi connectivity index (χ1) is 14.7. The van der Waals surface area contributed by atoms with E-state index in [1.165, 1.54) is 24.3 Å². The van der Waals surface area contributed by atoms with Gasteiger partial charge in [-0.25, -0.2) is 4.79 Å². The molecule has 0 radical (unpaired) electrons. The number of nitro groups is 1. The van der Waals surface area contributed by atoms with E-state index in [1.807, 2.05) is 4.90 Å². The largest absolute Gasteiger partial charge is 0.416 e. The highest BCUT2D eigenvalue weighted by Crippen LogP contribution is 2.29. The molecule has 31 heavy (non-hydrogen) atoms. The molecule has 2 aromatic rings. The number of hydrogen-bond donors (Lipinski definition) is 1. The number of urea groups is 1. The Morgan fingerprint density at radius 2 is 1.81 bits per heavy atom. The first kappa shape index (κ1) is 22.0. The molecule has 1 saturated heterocycles. The average molecular weight is 432 g/mol. The fourth-order valence-electron chi connectivity index (χ4n) is 3.12. The Kier molecular flexibility index (Phi) is 6.65. The van der Waals surface area contributed by atoms with Gasteiger partial charge >= 0.3 is 12.2 Å². The molecule has 10 heteroatoms. The molecule has 0 bridgehead atoms. The van der Waals surface area contributed by atoms with Crippen molar-refractivity contribution in [2.24, 2.45) is 0 Å². The van der Waals surface area contributed by atoms with Crippen LogP contribution >= 0.6 is 0 Å². The molecule has 1 heterocycles. The summed E-state index contributed by atoms with van der Waals surface area (Å²) in [5.74, 6) is 5.26. The van der Waals surface area contributed by atoms with Gasteiger partial charge in [0.25, 0.3) is 5.69 Å². The van der Waals surface area contributed by atoms with Gasteiger partial charge in [0.1, 0.15) is 0 Å². The lowest BCUT2D eigenvalue weighted by atomic mass is 10.1. The number of rotatable bonds is 3. The predicted molar refractivity (Wildman–Crippen MR) is 109 cm³/mol. The standard InChI is InChI=1S/C21H19F3N4O3/c22-21(23,24)17-6-1-4-16(14-17)5-3-9-25-20(29)27-12-10-26(11-13-27)18-7-2-8-19(15-18)28(30)31/h1-2,4,6-8,14-15H,9-13H2,(H,25,29). The summed E-state index contributed by atoms with van der Waals surface area (Å²) in [6.07, 6.45) is -4.43. The number of anilines is 1. The molecule has 2 aromatic carbocycles. The number of piperazine rings is 1. The Morgan fingerprint density at radius 1 is 1.10 bits per heavy atom. The number of carbonyl (C=O) groups is 1. The maximum absolute atomic E-state index is 12.7. The van der Waals surface area contributed by atoms with E-state index in [0.717, 1.165) is 17.8 Å². The molecule has 0 atom stereocenters. The van der Waals surface area contributed by atoms with Crippen LogP contribution in [0.3, 0.4) is 0 Å². The molecule has 1 aliphatic rings. The fourth-order valence-corrected chi connectivity index (χ4v) is 3.12. The van der Waals surface area contributed by atoms with E-state index in [-0.39, 0.29) is 23.8 Å². The first-order valence-corrected chi connectivity index (χ1v) is 9.42. The third-order valence-electron chi connectivity index (χ3n) is 4.72. The summed E-state index contributed by atoms with van der Waals surface area (Å²) >= 11 is 0. The minimum atomic E-state index is -4.43. The summed E-state index contributed by atoms with van der Waals surface area (Å²) in [5, 5.41) is 13.5. The molecule has 3 rings (SSSR count). The zero-order valence-electron chi connectivity index (χ0n) is 16.4. The quantitative estimate of drug-likeness (QED) is 0.458. The molecule has 162 valence electrons. The van der Waals surface area contributed by atoms with E-state index in [4.69, 9.17) is 0 Å². The number of benzene rings is 2. The summed E-state index contributed by atoms with van der Waals surface area (Å²) in [6.45, 7) is 1.89. The molecule has 1 fully saturated rings. The van der Waals surface area contributed by atoms with E-state index in [2.05, 4.69) is 17.2 Å². The summed E-state index contributed by atoms with van der Waals surface area (Å²) in [6, 6.07) is 10.7. The minimum absolute atomic E-state index is 0.000172. The Labute approximate surface area is 176 Å². The molecule has 1 aliphatic heterocycles. The molecule has 0 aromatic heterocycles. The van der Waals surface area contributed by atoms with Crippen LogP contribution in [0.4, 0.5) is 29.3 Å². The molecular formula is C21H19F3N4O3. The van der Waals surface area contributed by atoms with Crippen LogP contribution in [0.15, 0.2) is 48.5 Å². The van der Waals surface area contributed by atoms with E-state index < -0.39 is 16.7 Å². The van der Waals surface area contributed by atoms with Crippen molar-refractivity contribution in [3.05, 3.63) is 69.8 Å². The second-order valence-electron chi connectivity index (χ2n) is 6.79. The smallest absolute Gasteiger partial charge is 0.368 e. The number of nitrogens with one attached hydrogen (secondary N) is 1. The number of nitro benzene ring substituents is 1. The number of nitrogens with zero attached hydrogens (tertiary/aromatic N) is 3. The molecule has 7 nitrogen and oxygen atoms in total. The zero-order valence-corrected chi connectivity index (χ0v) is 16.4. The normalized spacial score (nSPS) is 13.9. The third-order valence-corrected chi connectivity index (χ3v) is 4.72. The van der Waals surface area contributed by atoms with Gasteiger partial charge in [0, 0.05) is 49.6 Å². The van der Waals surface area contributed by atoms with Crippen LogP contribution in [0, 0.1) is 22.0 Å². The summed E-state index contributed by atoms with van der Waals surface area (Å²) in [4.78, 5) is 26.3. The average Bonchev–Trinajstić information content (AvgIpc) is 2.76. The van der Waals surface area contributed by atoms with Crippen LogP contribution in [-0.2, 0) is 6.18 Å². The van der Waals surface area contributed by atoms with Crippen LogP contribution in [0.1, 0.15) is 11.1 Å². The van der Waals surface area contributed by atoms with Crippen molar-refractivity contribution in [3.8, 4) is 11.8 Å². The SMILES string of the molecule is O=C(NCC#Cc1cccc(C(F)(F)F)c1)N1CCN(c2cccc([N+](=O)[O-])c2)CC1. The van der Waals surface area contributed by atoms with Gasteiger partial charge < -0.3 is 15.1 Å². The summed E-state index contributed by atoms with van der Waals surface area (Å²) in [5.41, 5.74) is 0.179. The van der Waals surface area contributed by atoms with Gasteiger partial charge in [-0.3, -0.25) is 10.1 Å². The fraction of sp³-hybridized carbons (Fsp3) is 0.286. The Morgan fingerprint density at radius 3 is 2.48 bits per heavy atom. The molecule has 2 amide bonds. The Balaban J connectivity index is 1.49. The first-order valence-electron chi connectivity index (χ1n) is 9.42. The van der Waals surface area contributed by atoms with E-state index in [9.17, 15) is 28.1 Å². The number of halogens is 3. The zero-order chi connectivity index (χ0) is 22.4. The van der Waals surface area contributed by atoms with Crippen molar-refractivity contribution in [2.75, 3.05) is 37.6 Å². The molecule has 0 unspecified atom stereocenters. The van der Waals surface area contributed by atoms with Gasteiger partial charge in [-0.1, -0.05) is 24.0 Å². The van der Waals surface area contributed by atoms with Crippen molar-refractivity contribution in [1.82, 2.24) is 10.2 Å². The molecule has 1 N–H and O–H groups in total. The van der Waals surface area contributed by atoms with E-state index in [1.54, 1.807) is 17.0 Å². The predicted octanol–water partition coefficient (Wildman–Crippen LogP) is 3.50. The van der Waals surface area contributed by atoms with Crippen molar-refractivity contribution in [1.29, 1.82) is 0 Å². The molecular weight excluding hydrogens is 413 g/mol. The number of carbonyl (C=O) groups excluding carboxylic acids is 1. The maximum atomic E-state index is 12.7. The third kappa shape index (κ3) is 5.88. The van der Waals surface area contributed by atoms with Crippen molar-refractivity contribution < 1.29 is 22.9 Å². The van der Waals surface area contributed by atoms with Crippen LogP contribution in [0.25, 0.3) is 0 Å². The molecule has 0 spiro atoms. The second-order valence-corrected chi connectivity index (χ2v) is 6.79. The number of non-ortho nitro benzene ring substituents is 1. The van der Waals surface area contributed by atoms with Crippen LogP contribution in [0.5, 0.6) is 0 Å². The van der Waals surface area contributed by atoms with Crippen LogP contribution < -0.4 is 10.2 Å². The Bertz CT molecular complexity index is 1020. The van der Waals surface area contributed by atoms with Crippen molar-refractivity contribution in [3.63, 3.8) is 0 Å². The summed E-state index contributed by atoms with van der Waals surface area (Å²) < 4.78 is 38.1. The van der Waals surface area contributed by atoms with Crippen molar-refractivity contribution in [2.45, 2.75) is 6.18 Å². The van der Waals surface area contributed by atoms with Gasteiger partial charge in [-0.2, -0.15) is 13.2 Å². The topological polar surface area (TPSA) is 78.7 Å². The van der Waals surface area contributed by atoms with Gasteiger partial charge in [0.05, 0.1) is 17.0 Å². The highest BCUT2D eigenvalue weighted by atomic mass is 19.4. The lowest BCUT2D eigenvalue weighted by Crippen LogP contribution is -2.51. The summed E-state index contributed by atoms with van der Waals surface area (Å²) in [7, 11) is 0. The van der Waals surface area contributed by atoms with Gasteiger partial charge in [0.2, 0.25) is 0 Å². The van der Waals surface area contributed by atoms with Gasteiger partial charge in [0.15, 0.2) is 0 Å². The highest BCUT2D eigenvalue weighted by Gasteiger charge is 2.30. The van der Waals surface area contributed by atoms with Gasteiger partial charge in [-0.05, 0) is 24.3 Å². The minimum Gasteiger partial charge on any atom is -0.368 e. The maximum Gasteiger partial charge on any atom is 0.416 e. The Hall–Kier alpha value is -3.74. The number of alkyl halides is 3. The monoisotopic (exact) mass is 432 g/mol.